The number of hydrogen-bond acceptors (Lipinski definition) is 8. The summed E-state index contributed by atoms with van der Waals surface area (Å²) in [5, 5.41) is 12.2. The predicted molar refractivity (Wildman–Crippen MR) is 137 cm³/mol. The monoisotopic (exact) mass is 533 g/mol. The second kappa shape index (κ2) is 11.5. The second-order valence-corrected chi connectivity index (χ2v) is 9.39. The number of nitriles is 1. The summed E-state index contributed by atoms with van der Waals surface area (Å²) in [5.74, 6) is -0.811. The molecule has 1 aromatic carbocycles. The lowest BCUT2D eigenvalue weighted by Gasteiger charge is -2.31. The zero-order valence-electron chi connectivity index (χ0n) is 21.5. The molecule has 202 valence electrons. The summed E-state index contributed by atoms with van der Waals surface area (Å²) >= 11 is 0. The summed E-state index contributed by atoms with van der Waals surface area (Å²) in [4.78, 5) is 38.0. The minimum atomic E-state index is -0.616. The number of para-hydroxylation sites is 1. The molecule has 2 aliphatic heterocycles. The number of hydrogen-bond donors (Lipinski definition) is 1. The summed E-state index contributed by atoms with van der Waals surface area (Å²) in [6, 6.07) is 11.8. The average molecular weight is 534 g/mol. The summed E-state index contributed by atoms with van der Waals surface area (Å²) in [5.41, 5.74) is 1.92. The number of amides is 2. The number of nitrogens with one attached hydrogen (secondary N) is 1. The number of rotatable bonds is 6. The van der Waals surface area contributed by atoms with Gasteiger partial charge in [-0.15, -0.1) is 0 Å². The Bertz CT molecular complexity index is 1420. The Balaban J connectivity index is 1.46. The Morgan fingerprint density at radius 2 is 2.08 bits per heavy atom. The van der Waals surface area contributed by atoms with Crippen LogP contribution in [0.5, 0.6) is 11.9 Å². The Kier molecular flexibility index (Phi) is 7.69. The molecule has 0 saturated carbocycles. The number of aryl methyl sites for hydroxylation is 1. The number of benzene rings is 1. The molecule has 4 heterocycles. The Hall–Kier alpha value is -4.50. The van der Waals surface area contributed by atoms with Gasteiger partial charge in [0.15, 0.2) is 0 Å². The van der Waals surface area contributed by atoms with E-state index in [0.717, 1.165) is 5.69 Å². The number of carbonyl (C=O) groups is 2. The molecule has 1 unspecified atom stereocenters. The smallest absolute Gasteiger partial charge is 0.416 e. The van der Waals surface area contributed by atoms with E-state index >= 15 is 0 Å². The largest absolute Gasteiger partial charge is 0.457 e. The number of fused-ring (bicyclic) bond motifs is 1. The molecular weight excluding hydrogens is 505 g/mol. The summed E-state index contributed by atoms with van der Waals surface area (Å²) in [6.45, 7) is 1.38. The lowest BCUT2D eigenvalue weighted by Crippen LogP contribution is -2.53. The van der Waals surface area contributed by atoms with E-state index in [1.54, 1.807) is 12.1 Å². The molecule has 3 aromatic rings. The number of nitrogens with zero attached hydrogens (tertiary/aromatic N) is 6. The van der Waals surface area contributed by atoms with Crippen LogP contribution in [-0.2, 0) is 31.4 Å². The summed E-state index contributed by atoms with van der Waals surface area (Å²) in [7, 11) is 1.88. The van der Waals surface area contributed by atoms with Gasteiger partial charge in [0.05, 0.1) is 36.1 Å². The summed E-state index contributed by atoms with van der Waals surface area (Å²) in [6.07, 6.45) is 1.79. The molecule has 1 saturated heterocycles. The van der Waals surface area contributed by atoms with Crippen molar-refractivity contribution in [3.8, 4) is 18.0 Å². The first-order chi connectivity index (χ1) is 18.9. The number of halogens is 1. The third-order valence-corrected chi connectivity index (χ3v) is 6.81. The molecule has 1 atom stereocenters. The first kappa shape index (κ1) is 26.1. The molecular formula is C27H28FN7O4. The van der Waals surface area contributed by atoms with Gasteiger partial charge in [-0.3, -0.25) is 4.79 Å². The second-order valence-electron chi connectivity index (χ2n) is 9.39. The van der Waals surface area contributed by atoms with E-state index in [2.05, 4.69) is 21.4 Å². The van der Waals surface area contributed by atoms with Crippen molar-refractivity contribution in [1.82, 2.24) is 24.8 Å². The number of aromatic nitrogens is 3. The Morgan fingerprint density at radius 3 is 2.85 bits per heavy atom. The molecule has 2 aromatic heterocycles. The lowest BCUT2D eigenvalue weighted by molar-refractivity contribution is -0.118. The van der Waals surface area contributed by atoms with Crippen molar-refractivity contribution in [3.05, 3.63) is 65.4 Å². The van der Waals surface area contributed by atoms with Gasteiger partial charge in [0.2, 0.25) is 11.8 Å². The highest BCUT2D eigenvalue weighted by Gasteiger charge is 2.31. The van der Waals surface area contributed by atoms with Crippen LogP contribution in [0, 0.1) is 17.1 Å². The fourth-order valence-corrected chi connectivity index (χ4v) is 4.68. The van der Waals surface area contributed by atoms with Gasteiger partial charge in [0.25, 0.3) is 0 Å². The number of carbonyl (C=O) groups excluding carboxylic acids is 2. The molecule has 5 rings (SSSR count). The van der Waals surface area contributed by atoms with E-state index < -0.39 is 11.9 Å². The molecule has 11 nitrogen and oxygen atoms in total. The molecule has 1 fully saturated rings. The topological polar surface area (TPSA) is 126 Å². The fraction of sp³-hybridized carbons (Fsp3) is 0.370. The molecule has 0 aliphatic carbocycles. The highest BCUT2D eigenvalue weighted by atomic mass is 19.1. The van der Waals surface area contributed by atoms with Crippen LogP contribution in [0.15, 0.2) is 42.6 Å². The average Bonchev–Trinajstić information content (AvgIpc) is 3.27. The van der Waals surface area contributed by atoms with E-state index in [-0.39, 0.29) is 61.9 Å². The van der Waals surface area contributed by atoms with Gasteiger partial charge in [-0.1, -0.05) is 12.1 Å². The van der Waals surface area contributed by atoms with Crippen molar-refractivity contribution in [2.24, 2.45) is 7.05 Å². The van der Waals surface area contributed by atoms with E-state index in [9.17, 15) is 14.0 Å². The first-order valence-electron chi connectivity index (χ1n) is 12.7. The molecule has 0 bridgehead atoms. The summed E-state index contributed by atoms with van der Waals surface area (Å²) < 4.78 is 28.2. The fourth-order valence-electron chi connectivity index (χ4n) is 4.68. The molecule has 12 heteroatoms. The zero-order valence-corrected chi connectivity index (χ0v) is 21.5. The van der Waals surface area contributed by atoms with Crippen molar-refractivity contribution in [2.45, 2.75) is 38.5 Å². The van der Waals surface area contributed by atoms with Crippen LogP contribution < -0.4 is 19.7 Å². The number of piperazine rings is 1. The maximum absolute atomic E-state index is 14.6. The van der Waals surface area contributed by atoms with Gasteiger partial charge < -0.3 is 29.2 Å². The van der Waals surface area contributed by atoms with E-state index in [0.29, 0.717) is 30.9 Å². The third kappa shape index (κ3) is 5.83. The zero-order chi connectivity index (χ0) is 27.4. The molecule has 39 heavy (non-hydrogen) atoms. The molecule has 2 amide bonds. The van der Waals surface area contributed by atoms with Crippen LogP contribution in [0.25, 0.3) is 0 Å². The van der Waals surface area contributed by atoms with Gasteiger partial charge >= 0.3 is 12.1 Å². The number of anilines is 1. The van der Waals surface area contributed by atoms with Crippen LogP contribution in [0.3, 0.4) is 0 Å². The van der Waals surface area contributed by atoms with Gasteiger partial charge in [0, 0.05) is 50.9 Å². The SMILES string of the molecule is Cn1cccc1COc1nc2c(c(OC(=O)N3CCNC(CC#N)C3)n1)CCC(=O)N(c1ccccc1F)C2. The van der Waals surface area contributed by atoms with Crippen LogP contribution in [-0.4, -0.2) is 57.1 Å². The maximum Gasteiger partial charge on any atom is 0.416 e. The number of ether oxygens (including phenoxy) is 2. The van der Waals surface area contributed by atoms with Crippen LogP contribution >= 0.6 is 0 Å². The predicted octanol–water partition coefficient (Wildman–Crippen LogP) is 2.70. The van der Waals surface area contributed by atoms with Gasteiger partial charge in [-0.2, -0.15) is 15.2 Å². The van der Waals surface area contributed by atoms with Crippen molar-refractivity contribution in [2.75, 3.05) is 24.5 Å². The van der Waals surface area contributed by atoms with Crippen molar-refractivity contribution < 1.29 is 23.5 Å². The quantitative estimate of drug-likeness (QED) is 0.513. The van der Waals surface area contributed by atoms with Crippen molar-refractivity contribution >= 4 is 17.7 Å². The molecule has 1 N–H and O–H groups in total. The minimum Gasteiger partial charge on any atom is -0.457 e. The highest BCUT2D eigenvalue weighted by Crippen LogP contribution is 2.31. The Morgan fingerprint density at radius 1 is 1.23 bits per heavy atom. The van der Waals surface area contributed by atoms with Crippen molar-refractivity contribution in [1.29, 1.82) is 5.26 Å². The minimum absolute atomic E-state index is 0.00503. The third-order valence-electron chi connectivity index (χ3n) is 6.81. The van der Waals surface area contributed by atoms with Gasteiger partial charge in [-0.25, -0.2) is 9.18 Å². The van der Waals surface area contributed by atoms with Crippen molar-refractivity contribution in [3.63, 3.8) is 0 Å². The van der Waals surface area contributed by atoms with Crippen LogP contribution in [0.2, 0.25) is 0 Å². The lowest BCUT2D eigenvalue weighted by atomic mass is 10.1. The van der Waals surface area contributed by atoms with E-state index in [4.69, 9.17) is 14.7 Å². The van der Waals surface area contributed by atoms with Gasteiger partial charge in [-0.05, 0) is 30.7 Å². The van der Waals surface area contributed by atoms with Gasteiger partial charge in [0.1, 0.15) is 12.4 Å². The molecule has 2 aliphatic rings. The first-order valence-corrected chi connectivity index (χ1v) is 12.7. The normalized spacial score (nSPS) is 17.3. The standard InChI is InChI=1S/C27H28FN7O4/c1-33-13-4-5-19(33)17-38-26-31-22-16-35(23-7-3-2-6-21(23)28)24(36)9-8-20(22)25(32-26)39-27(37)34-14-12-30-18(15-34)10-11-29/h2-7,13,18,30H,8-10,12,14-17H2,1H3. The molecule has 0 spiro atoms. The maximum atomic E-state index is 14.6. The van der Waals surface area contributed by atoms with E-state index in [1.807, 2.05) is 29.9 Å². The molecule has 0 radical (unpaired) electrons. The highest BCUT2D eigenvalue weighted by molar-refractivity contribution is 5.94. The van der Waals surface area contributed by atoms with E-state index in [1.165, 1.54) is 21.9 Å². The Labute approximate surface area is 224 Å². The van der Waals surface area contributed by atoms with Crippen LogP contribution in [0.1, 0.15) is 29.8 Å². The van der Waals surface area contributed by atoms with Crippen LogP contribution in [0.4, 0.5) is 14.9 Å².